The monoisotopic (exact) mass is 517 g/mol. The summed E-state index contributed by atoms with van der Waals surface area (Å²) in [6, 6.07) is 49.5. The molecular formula is C36H23NOS. The van der Waals surface area contributed by atoms with Crippen LogP contribution in [0.4, 0.5) is 17.1 Å². The molecule has 0 aliphatic carbocycles. The maximum absolute atomic E-state index is 6.46. The van der Waals surface area contributed by atoms with E-state index < -0.39 is 0 Å². The lowest BCUT2D eigenvalue weighted by Gasteiger charge is -2.33. The molecule has 0 aromatic heterocycles. The van der Waals surface area contributed by atoms with Crippen molar-refractivity contribution in [2.45, 2.75) is 9.79 Å². The Hall–Kier alpha value is -4.73. The Kier molecular flexibility index (Phi) is 5.10. The molecule has 2 heterocycles. The first-order chi connectivity index (χ1) is 19.3. The normalized spacial score (nSPS) is 12.7. The zero-order chi connectivity index (χ0) is 25.8. The molecule has 8 rings (SSSR count). The number of hydrogen-bond donors (Lipinski definition) is 0. The van der Waals surface area contributed by atoms with Crippen LogP contribution in [0.2, 0.25) is 0 Å². The predicted molar refractivity (Wildman–Crippen MR) is 162 cm³/mol. The van der Waals surface area contributed by atoms with Gasteiger partial charge in [-0.1, -0.05) is 96.7 Å². The minimum absolute atomic E-state index is 0.882. The second-order valence-corrected chi connectivity index (χ2v) is 10.9. The lowest BCUT2D eigenvalue weighted by Crippen LogP contribution is -2.14. The first kappa shape index (κ1) is 22.3. The first-order valence-corrected chi connectivity index (χ1v) is 13.9. The summed E-state index contributed by atoms with van der Waals surface area (Å²) in [7, 11) is 0. The summed E-state index contributed by atoms with van der Waals surface area (Å²) in [5, 5.41) is 0. The Morgan fingerprint density at radius 3 is 1.92 bits per heavy atom. The van der Waals surface area contributed by atoms with Crippen LogP contribution in [0, 0.1) is 0 Å². The van der Waals surface area contributed by atoms with Crippen molar-refractivity contribution >= 4 is 28.8 Å². The lowest BCUT2D eigenvalue weighted by atomic mass is 9.92. The summed E-state index contributed by atoms with van der Waals surface area (Å²) in [4.78, 5) is 4.87. The van der Waals surface area contributed by atoms with Gasteiger partial charge in [0.25, 0.3) is 0 Å². The summed E-state index contributed by atoms with van der Waals surface area (Å²) in [5.74, 6) is 1.77. The van der Waals surface area contributed by atoms with E-state index in [0.717, 1.165) is 28.3 Å². The van der Waals surface area contributed by atoms with Crippen molar-refractivity contribution in [3.8, 4) is 44.9 Å². The minimum atomic E-state index is 0.882. The fourth-order valence-corrected chi connectivity index (χ4v) is 6.75. The Labute approximate surface area is 232 Å². The molecule has 0 radical (unpaired) electrons. The van der Waals surface area contributed by atoms with Crippen LogP contribution >= 0.6 is 11.8 Å². The fourth-order valence-electron chi connectivity index (χ4n) is 5.65. The van der Waals surface area contributed by atoms with Gasteiger partial charge in [0.15, 0.2) is 0 Å². The molecule has 2 aliphatic rings. The van der Waals surface area contributed by atoms with Crippen LogP contribution in [0.15, 0.2) is 149 Å². The van der Waals surface area contributed by atoms with E-state index >= 15 is 0 Å². The van der Waals surface area contributed by atoms with Crippen molar-refractivity contribution in [2.24, 2.45) is 0 Å². The third kappa shape index (κ3) is 3.66. The quantitative estimate of drug-likeness (QED) is 0.226. The number of nitrogens with zero attached hydrogens (tertiary/aromatic N) is 1. The van der Waals surface area contributed by atoms with E-state index in [9.17, 15) is 0 Å². The van der Waals surface area contributed by atoms with Gasteiger partial charge in [-0.2, -0.15) is 0 Å². The standard InChI is InChI=1S/C36H23NOS/c1-2-10-26(11-3-1)37-31-15-7-9-17-35(31)39-36-23-25(18-20-32(36)37)24-19-21-34-30(22-24)28-13-5-4-12-27(28)29-14-6-8-16-33(29)38-34/h1-23H. The summed E-state index contributed by atoms with van der Waals surface area (Å²) in [6.07, 6.45) is 0. The molecule has 2 nitrogen and oxygen atoms in total. The summed E-state index contributed by atoms with van der Waals surface area (Å²) < 4.78 is 6.46. The SMILES string of the molecule is c1ccc(N2c3ccccc3Sc3cc(-c4ccc5c(c4)-c4ccccc4-c4ccccc4O5)ccc32)cc1. The molecule has 0 amide bonds. The molecule has 0 N–H and O–H groups in total. The molecule has 0 saturated carbocycles. The van der Waals surface area contributed by atoms with Crippen molar-refractivity contribution in [3.05, 3.63) is 140 Å². The zero-order valence-corrected chi connectivity index (χ0v) is 21.9. The third-order valence-corrected chi connectivity index (χ3v) is 8.58. The number of anilines is 3. The molecule has 6 aromatic carbocycles. The summed E-state index contributed by atoms with van der Waals surface area (Å²) >= 11 is 1.84. The van der Waals surface area contributed by atoms with Crippen molar-refractivity contribution in [2.75, 3.05) is 4.90 Å². The maximum atomic E-state index is 6.46. The van der Waals surface area contributed by atoms with Crippen LogP contribution in [-0.2, 0) is 0 Å². The highest BCUT2D eigenvalue weighted by Crippen LogP contribution is 2.53. The Bertz CT molecular complexity index is 1880. The van der Waals surface area contributed by atoms with E-state index in [1.807, 2.05) is 23.9 Å². The largest absolute Gasteiger partial charge is 0.456 e. The van der Waals surface area contributed by atoms with Gasteiger partial charge in [0.1, 0.15) is 11.5 Å². The maximum Gasteiger partial charge on any atom is 0.135 e. The van der Waals surface area contributed by atoms with Crippen LogP contribution in [0.25, 0.3) is 33.4 Å². The highest BCUT2D eigenvalue weighted by molar-refractivity contribution is 7.99. The number of benzene rings is 6. The molecule has 184 valence electrons. The average Bonchev–Trinajstić information content (AvgIpc) is 3.14. The van der Waals surface area contributed by atoms with Gasteiger partial charge in [-0.3, -0.25) is 0 Å². The van der Waals surface area contributed by atoms with Crippen molar-refractivity contribution < 1.29 is 4.74 Å². The van der Waals surface area contributed by atoms with Crippen LogP contribution in [0.1, 0.15) is 0 Å². The van der Waals surface area contributed by atoms with E-state index in [1.54, 1.807) is 0 Å². The molecule has 0 fully saturated rings. The third-order valence-electron chi connectivity index (χ3n) is 7.47. The molecule has 6 aromatic rings. The Morgan fingerprint density at radius 2 is 1.05 bits per heavy atom. The van der Waals surface area contributed by atoms with Crippen LogP contribution < -0.4 is 9.64 Å². The first-order valence-electron chi connectivity index (χ1n) is 13.1. The van der Waals surface area contributed by atoms with E-state index in [2.05, 4.69) is 132 Å². The molecule has 2 aliphatic heterocycles. The van der Waals surface area contributed by atoms with Gasteiger partial charge in [-0.15, -0.1) is 0 Å². The van der Waals surface area contributed by atoms with E-state index in [-0.39, 0.29) is 0 Å². The van der Waals surface area contributed by atoms with Crippen molar-refractivity contribution in [3.63, 3.8) is 0 Å². The molecule has 0 spiro atoms. The summed E-state index contributed by atoms with van der Waals surface area (Å²) in [5.41, 5.74) is 10.6. The van der Waals surface area contributed by atoms with Crippen molar-refractivity contribution in [1.29, 1.82) is 0 Å². The highest BCUT2D eigenvalue weighted by atomic mass is 32.2. The van der Waals surface area contributed by atoms with Gasteiger partial charge in [-0.05, 0) is 76.9 Å². The van der Waals surface area contributed by atoms with E-state index in [4.69, 9.17) is 4.74 Å². The highest BCUT2D eigenvalue weighted by Gasteiger charge is 2.25. The van der Waals surface area contributed by atoms with Crippen LogP contribution in [-0.4, -0.2) is 0 Å². The number of ether oxygens (including phenoxy) is 1. The van der Waals surface area contributed by atoms with Gasteiger partial charge < -0.3 is 9.64 Å². The van der Waals surface area contributed by atoms with Crippen LogP contribution in [0.5, 0.6) is 11.5 Å². The fraction of sp³-hybridized carbons (Fsp3) is 0. The Balaban J connectivity index is 1.26. The number of fused-ring (bicyclic) bond motifs is 7. The van der Waals surface area contributed by atoms with Gasteiger partial charge in [0.2, 0.25) is 0 Å². The lowest BCUT2D eigenvalue weighted by molar-refractivity contribution is 0.488. The molecule has 0 bridgehead atoms. The molecule has 0 unspecified atom stereocenters. The van der Waals surface area contributed by atoms with Gasteiger partial charge >= 0.3 is 0 Å². The summed E-state index contributed by atoms with van der Waals surface area (Å²) in [6.45, 7) is 0. The number of hydrogen-bond acceptors (Lipinski definition) is 3. The van der Waals surface area contributed by atoms with Gasteiger partial charge in [0, 0.05) is 26.6 Å². The minimum Gasteiger partial charge on any atom is -0.456 e. The molecular weight excluding hydrogens is 494 g/mol. The molecule has 0 saturated heterocycles. The number of rotatable bonds is 2. The van der Waals surface area contributed by atoms with Gasteiger partial charge in [0.05, 0.1) is 11.4 Å². The second kappa shape index (κ2) is 8.93. The average molecular weight is 518 g/mol. The topological polar surface area (TPSA) is 12.5 Å². The predicted octanol–water partition coefficient (Wildman–Crippen LogP) is 10.7. The molecule has 0 atom stereocenters. The van der Waals surface area contributed by atoms with Crippen molar-refractivity contribution in [1.82, 2.24) is 0 Å². The van der Waals surface area contributed by atoms with E-state index in [0.29, 0.717) is 0 Å². The van der Waals surface area contributed by atoms with Gasteiger partial charge in [-0.25, -0.2) is 0 Å². The smallest absolute Gasteiger partial charge is 0.135 e. The molecule has 3 heteroatoms. The zero-order valence-electron chi connectivity index (χ0n) is 21.0. The number of para-hydroxylation sites is 3. The molecule has 39 heavy (non-hydrogen) atoms. The van der Waals surface area contributed by atoms with Crippen LogP contribution in [0.3, 0.4) is 0 Å². The van der Waals surface area contributed by atoms with E-state index in [1.165, 1.54) is 43.4 Å². The second-order valence-electron chi connectivity index (χ2n) is 9.78. The Morgan fingerprint density at radius 1 is 0.436 bits per heavy atom.